The Balaban J connectivity index is 1.60. The Labute approximate surface area is 165 Å². The van der Waals surface area contributed by atoms with Crippen LogP contribution < -0.4 is 5.69 Å². The maximum Gasteiger partial charge on any atom is 0.330 e. The Morgan fingerprint density at radius 2 is 2.14 bits per heavy atom. The minimum absolute atomic E-state index is 0.0734. The van der Waals surface area contributed by atoms with Crippen molar-refractivity contribution in [2.45, 2.75) is 59.8 Å². The molecular weight excluding hydrogens is 352 g/mol. The lowest BCUT2D eigenvalue weighted by atomic mass is 10.2. The molecule has 4 rings (SSSR count). The van der Waals surface area contributed by atoms with Crippen molar-refractivity contribution in [3.05, 3.63) is 46.3 Å². The van der Waals surface area contributed by atoms with Crippen molar-refractivity contribution in [2.75, 3.05) is 13.1 Å². The van der Waals surface area contributed by atoms with Gasteiger partial charge in [-0.3, -0.25) is 18.7 Å². The third-order valence-corrected chi connectivity index (χ3v) is 5.78. The van der Waals surface area contributed by atoms with Gasteiger partial charge in [-0.2, -0.15) is 5.10 Å². The number of aromatic nitrogens is 5. The highest BCUT2D eigenvalue weighted by molar-refractivity contribution is 5.71. The van der Waals surface area contributed by atoms with Gasteiger partial charge in [-0.1, -0.05) is 13.8 Å². The molecule has 0 bridgehead atoms. The Hall–Kier alpha value is -2.41. The first-order valence-corrected chi connectivity index (χ1v) is 10.3. The van der Waals surface area contributed by atoms with Crippen LogP contribution in [0.1, 0.15) is 44.5 Å². The van der Waals surface area contributed by atoms with Crippen molar-refractivity contribution in [3.8, 4) is 0 Å². The number of hydrogen-bond donors (Lipinski definition) is 0. The standard InChI is InChI=1S/C21H30N6O/c1-5-26-16(4)17(11-23-26)13-24-10-8-18(14-24)27-20-19(7-6-9-22-20)25(21(27)28)12-15(2)3/h6-7,9,11,15,18H,5,8,10,12-14H2,1-4H3/t18-/m1/s1. The van der Waals surface area contributed by atoms with Gasteiger partial charge in [-0.15, -0.1) is 0 Å². The molecule has 7 nitrogen and oxygen atoms in total. The van der Waals surface area contributed by atoms with Gasteiger partial charge >= 0.3 is 5.69 Å². The summed E-state index contributed by atoms with van der Waals surface area (Å²) < 4.78 is 5.86. The van der Waals surface area contributed by atoms with E-state index in [1.165, 1.54) is 11.3 Å². The van der Waals surface area contributed by atoms with Crippen molar-refractivity contribution in [2.24, 2.45) is 5.92 Å². The Morgan fingerprint density at radius 3 is 2.86 bits per heavy atom. The third-order valence-electron chi connectivity index (χ3n) is 5.78. The normalized spacial score (nSPS) is 18.0. The number of hydrogen-bond acceptors (Lipinski definition) is 4. The zero-order valence-electron chi connectivity index (χ0n) is 17.3. The van der Waals surface area contributed by atoms with Gasteiger partial charge in [-0.05, 0) is 38.3 Å². The van der Waals surface area contributed by atoms with Crippen LogP contribution in [0.5, 0.6) is 0 Å². The van der Waals surface area contributed by atoms with Gasteiger partial charge in [0.2, 0.25) is 0 Å². The van der Waals surface area contributed by atoms with Crippen LogP contribution in [0.2, 0.25) is 0 Å². The Morgan fingerprint density at radius 1 is 1.32 bits per heavy atom. The molecule has 0 saturated carbocycles. The lowest BCUT2D eigenvalue weighted by Gasteiger charge is -2.16. The monoisotopic (exact) mass is 382 g/mol. The number of fused-ring (bicyclic) bond motifs is 1. The quantitative estimate of drug-likeness (QED) is 0.658. The van der Waals surface area contributed by atoms with Gasteiger partial charge in [0.25, 0.3) is 0 Å². The fourth-order valence-electron chi connectivity index (χ4n) is 4.35. The average Bonchev–Trinajstić information content (AvgIpc) is 3.34. The van der Waals surface area contributed by atoms with E-state index in [9.17, 15) is 4.79 Å². The van der Waals surface area contributed by atoms with E-state index in [4.69, 9.17) is 0 Å². The van der Waals surface area contributed by atoms with Crippen molar-refractivity contribution >= 4 is 11.2 Å². The van der Waals surface area contributed by atoms with Crippen molar-refractivity contribution < 1.29 is 0 Å². The van der Waals surface area contributed by atoms with Crippen LogP contribution in [0.25, 0.3) is 11.2 Å². The molecule has 0 spiro atoms. The van der Waals surface area contributed by atoms with Crippen LogP contribution >= 0.6 is 0 Å². The van der Waals surface area contributed by atoms with Gasteiger partial charge in [0.15, 0.2) is 5.65 Å². The summed E-state index contributed by atoms with van der Waals surface area (Å²) in [5.74, 6) is 0.412. The largest absolute Gasteiger partial charge is 0.330 e. The molecule has 4 heterocycles. The highest BCUT2D eigenvalue weighted by atomic mass is 16.1. The summed E-state index contributed by atoms with van der Waals surface area (Å²) in [6.45, 7) is 12.9. The third kappa shape index (κ3) is 3.28. The lowest BCUT2D eigenvalue weighted by Crippen LogP contribution is -2.30. The molecule has 0 aromatic carbocycles. The van der Waals surface area contributed by atoms with Gasteiger partial charge in [0.05, 0.1) is 17.8 Å². The Kier molecular flexibility index (Phi) is 5.10. The van der Waals surface area contributed by atoms with E-state index in [1.807, 2.05) is 32.1 Å². The second-order valence-corrected chi connectivity index (χ2v) is 8.25. The van der Waals surface area contributed by atoms with Crippen LogP contribution in [0, 0.1) is 12.8 Å². The van der Waals surface area contributed by atoms with E-state index in [0.29, 0.717) is 5.92 Å². The van der Waals surface area contributed by atoms with Gasteiger partial charge < -0.3 is 0 Å². The second kappa shape index (κ2) is 7.54. The van der Waals surface area contributed by atoms with Gasteiger partial charge in [0.1, 0.15) is 0 Å². The first-order chi connectivity index (χ1) is 13.5. The minimum atomic E-state index is 0.0734. The number of pyridine rings is 1. The molecule has 3 aromatic rings. The molecule has 28 heavy (non-hydrogen) atoms. The maximum atomic E-state index is 13.2. The zero-order valence-corrected chi connectivity index (χ0v) is 17.3. The van der Waals surface area contributed by atoms with Crippen molar-refractivity contribution in [1.29, 1.82) is 0 Å². The van der Waals surface area contributed by atoms with E-state index in [-0.39, 0.29) is 11.7 Å². The number of aryl methyl sites for hydroxylation is 1. The minimum Gasteiger partial charge on any atom is -0.297 e. The van der Waals surface area contributed by atoms with Gasteiger partial charge in [0, 0.05) is 50.2 Å². The van der Waals surface area contributed by atoms with Crippen LogP contribution in [0.4, 0.5) is 0 Å². The predicted octanol–water partition coefficient (Wildman–Crippen LogP) is 2.83. The first-order valence-electron chi connectivity index (χ1n) is 10.3. The summed E-state index contributed by atoms with van der Waals surface area (Å²) in [5, 5.41) is 4.46. The molecule has 0 radical (unpaired) electrons. The lowest BCUT2D eigenvalue weighted by molar-refractivity contribution is 0.314. The summed E-state index contributed by atoms with van der Waals surface area (Å²) in [6.07, 6.45) is 4.74. The first kappa shape index (κ1) is 18.9. The van der Waals surface area contributed by atoms with Crippen LogP contribution in [0.3, 0.4) is 0 Å². The molecule has 1 atom stereocenters. The molecule has 0 N–H and O–H groups in total. The highest BCUT2D eigenvalue weighted by Crippen LogP contribution is 2.26. The molecule has 150 valence electrons. The maximum absolute atomic E-state index is 13.2. The number of likely N-dealkylation sites (tertiary alicyclic amines) is 1. The SMILES string of the molecule is CCn1ncc(CN2CC[C@@H](n3c(=O)n(CC(C)C)c4cccnc43)C2)c1C. The smallest absolute Gasteiger partial charge is 0.297 e. The van der Waals surface area contributed by atoms with E-state index in [0.717, 1.165) is 50.3 Å². The molecule has 1 fully saturated rings. The molecule has 0 unspecified atom stereocenters. The van der Waals surface area contributed by atoms with E-state index in [2.05, 4.69) is 42.7 Å². The summed E-state index contributed by atoms with van der Waals surface area (Å²) in [7, 11) is 0. The molecule has 1 aliphatic heterocycles. The molecule has 7 heteroatoms. The summed E-state index contributed by atoms with van der Waals surface area (Å²) in [5.41, 5.74) is 4.34. The predicted molar refractivity (Wildman–Crippen MR) is 110 cm³/mol. The summed E-state index contributed by atoms with van der Waals surface area (Å²) in [6, 6.07) is 4.09. The number of rotatable bonds is 6. The van der Waals surface area contributed by atoms with E-state index in [1.54, 1.807) is 6.20 Å². The van der Waals surface area contributed by atoms with E-state index < -0.39 is 0 Å². The summed E-state index contributed by atoms with van der Waals surface area (Å²) >= 11 is 0. The van der Waals surface area contributed by atoms with Crippen molar-refractivity contribution in [3.63, 3.8) is 0 Å². The highest BCUT2D eigenvalue weighted by Gasteiger charge is 2.29. The average molecular weight is 383 g/mol. The molecule has 1 saturated heterocycles. The fourth-order valence-corrected chi connectivity index (χ4v) is 4.35. The summed E-state index contributed by atoms with van der Waals surface area (Å²) in [4.78, 5) is 20.2. The molecular formula is C21H30N6O. The fraction of sp³-hybridized carbons (Fsp3) is 0.571. The second-order valence-electron chi connectivity index (χ2n) is 8.25. The van der Waals surface area contributed by atoms with Crippen molar-refractivity contribution in [1.82, 2.24) is 28.8 Å². The topological polar surface area (TPSA) is 60.9 Å². The van der Waals surface area contributed by atoms with Crippen LogP contribution in [-0.4, -0.2) is 41.9 Å². The number of imidazole rings is 1. The van der Waals surface area contributed by atoms with E-state index >= 15 is 0 Å². The molecule has 0 amide bonds. The molecule has 3 aromatic heterocycles. The number of nitrogens with zero attached hydrogens (tertiary/aromatic N) is 6. The molecule has 0 aliphatic carbocycles. The van der Waals surface area contributed by atoms with Gasteiger partial charge in [-0.25, -0.2) is 9.78 Å². The Bertz CT molecular complexity index is 1030. The zero-order chi connectivity index (χ0) is 19.8. The molecule has 1 aliphatic rings. The van der Waals surface area contributed by atoms with Crippen LogP contribution in [0.15, 0.2) is 29.3 Å². The van der Waals surface area contributed by atoms with Crippen LogP contribution in [-0.2, 0) is 19.6 Å².